The summed E-state index contributed by atoms with van der Waals surface area (Å²) in [7, 11) is 1.42. The monoisotopic (exact) mass is 321 g/mol. The third kappa shape index (κ3) is 4.43. The van der Waals surface area contributed by atoms with Crippen LogP contribution >= 0.6 is 0 Å². The third-order valence-corrected chi connectivity index (χ3v) is 4.08. The van der Waals surface area contributed by atoms with Gasteiger partial charge in [-0.1, -0.05) is 19.1 Å². The normalized spacial score (nSPS) is 21.4. The number of rotatable bonds is 4. The molecule has 0 radical (unpaired) electrons. The third-order valence-electron chi connectivity index (χ3n) is 4.08. The summed E-state index contributed by atoms with van der Waals surface area (Å²) in [5, 5.41) is 3.25. The molecule has 1 heterocycles. The van der Waals surface area contributed by atoms with Crippen molar-refractivity contribution in [3.8, 4) is 0 Å². The Balaban J connectivity index is 2.07. The first-order valence-corrected chi connectivity index (χ1v) is 7.90. The molecule has 0 spiro atoms. The van der Waals surface area contributed by atoms with Crippen molar-refractivity contribution in [3.05, 3.63) is 35.6 Å². The summed E-state index contributed by atoms with van der Waals surface area (Å²) in [5.74, 6) is 0.440. The maximum atomic E-state index is 12.9. The number of halogens is 1. The van der Waals surface area contributed by atoms with Crippen LogP contribution in [0.4, 0.5) is 4.39 Å². The molecule has 5 nitrogen and oxygen atoms in total. The number of aliphatic imine (C=N–C) groups is 1. The summed E-state index contributed by atoms with van der Waals surface area (Å²) in [6.45, 7) is 6.63. The number of hydrogen-bond donors (Lipinski definition) is 1. The number of ether oxygens (including phenoxy) is 1. The number of nitrogens with zero attached hydrogens (tertiary/aromatic N) is 2. The maximum absolute atomic E-state index is 12.9. The zero-order valence-electron chi connectivity index (χ0n) is 13.9. The highest BCUT2D eigenvalue weighted by Gasteiger charge is 2.36. The molecule has 1 aliphatic heterocycles. The van der Waals surface area contributed by atoms with Gasteiger partial charge in [-0.25, -0.2) is 9.38 Å². The van der Waals surface area contributed by atoms with Gasteiger partial charge < -0.3 is 15.0 Å². The molecule has 0 amide bonds. The summed E-state index contributed by atoms with van der Waals surface area (Å²) in [4.78, 5) is 18.5. The zero-order valence-corrected chi connectivity index (χ0v) is 13.9. The number of carbonyl (C=O) groups excluding carboxylic acids is 1. The molecule has 1 fully saturated rings. The summed E-state index contributed by atoms with van der Waals surface area (Å²) in [6, 6.07) is 6.32. The molecule has 0 aromatic heterocycles. The first-order chi connectivity index (χ1) is 11.0. The molecule has 2 atom stereocenters. The van der Waals surface area contributed by atoms with E-state index < -0.39 is 0 Å². The molecule has 2 rings (SSSR count). The van der Waals surface area contributed by atoms with Crippen molar-refractivity contribution in [2.75, 3.05) is 26.7 Å². The largest absolute Gasteiger partial charge is 0.469 e. The molecule has 0 bridgehead atoms. The van der Waals surface area contributed by atoms with Gasteiger partial charge in [0.25, 0.3) is 0 Å². The molecule has 1 saturated heterocycles. The molecule has 0 saturated carbocycles. The fourth-order valence-electron chi connectivity index (χ4n) is 2.78. The quantitative estimate of drug-likeness (QED) is 0.524. The van der Waals surface area contributed by atoms with Gasteiger partial charge in [0.15, 0.2) is 5.96 Å². The van der Waals surface area contributed by atoms with Crippen LogP contribution in [0.5, 0.6) is 0 Å². The van der Waals surface area contributed by atoms with Gasteiger partial charge in [-0.3, -0.25) is 4.79 Å². The molecule has 1 N–H and O–H groups in total. The van der Waals surface area contributed by atoms with Crippen molar-refractivity contribution in [2.24, 2.45) is 16.8 Å². The topological polar surface area (TPSA) is 53.9 Å². The molecule has 1 aliphatic rings. The van der Waals surface area contributed by atoms with Gasteiger partial charge in [0.1, 0.15) is 5.82 Å². The second-order valence-corrected chi connectivity index (χ2v) is 5.81. The van der Waals surface area contributed by atoms with Crippen molar-refractivity contribution in [3.63, 3.8) is 0 Å². The lowest BCUT2D eigenvalue weighted by Gasteiger charge is -2.21. The average Bonchev–Trinajstić information content (AvgIpc) is 2.94. The molecular weight excluding hydrogens is 297 g/mol. The predicted molar refractivity (Wildman–Crippen MR) is 87.5 cm³/mol. The summed E-state index contributed by atoms with van der Waals surface area (Å²) in [6.07, 6.45) is 0. The highest BCUT2D eigenvalue weighted by Crippen LogP contribution is 2.24. The maximum Gasteiger partial charge on any atom is 0.310 e. The number of guanidine groups is 1. The molecule has 0 aliphatic carbocycles. The Morgan fingerprint density at radius 1 is 1.39 bits per heavy atom. The Morgan fingerprint density at radius 3 is 2.70 bits per heavy atom. The lowest BCUT2D eigenvalue weighted by atomic mass is 9.99. The van der Waals surface area contributed by atoms with Gasteiger partial charge in [-0.15, -0.1) is 0 Å². The Kier molecular flexibility index (Phi) is 5.96. The van der Waals surface area contributed by atoms with E-state index in [1.54, 1.807) is 12.1 Å². The van der Waals surface area contributed by atoms with E-state index in [1.165, 1.54) is 19.2 Å². The second kappa shape index (κ2) is 7.94. The summed E-state index contributed by atoms with van der Waals surface area (Å²) < 4.78 is 17.8. The number of hydrogen-bond acceptors (Lipinski definition) is 3. The Morgan fingerprint density at radius 2 is 2.09 bits per heavy atom. The molecule has 126 valence electrons. The van der Waals surface area contributed by atoms with Crippen LogP contribution in [0.2, 0.25) is 0 Å². The van der Waals surface area contributed by atoms with Gasteiger partial charge in [0, 0.05) is 19.6 Å². The van der Waals surface area contributed by atoms with Crippen LogP contribution in [0.25, 0.3) is 0 Å². The number of benzene rings is 1. The van der Waals surface area contributed by atoms with E-state index >= 15 is 0 Å². The average molecular weight is 321 g/mol. The van der Waals surface area contributed by atoms with Gasteiger partial charge in [-0.2, -0.15) is 0 Å². The van der Waals surface area contributed by atoms with Crippen LogP contribution in [0, 0.1) is 17.7 Å². The molecule has 1 aromatic rings. The van der Waals surface area contributed by atoms with E-state index in [9.17, 15) is 9.18 Å². The lowest BCUT2D eigenvalue weighted by molar-refractivity contribution is -0.145. The van der Waals surface area contributed by atoms with Gasteiger partial charge in [-0.05, 0) is 30.5 Å². The smallest absolute Gasteiger partial charge is 0.310 e. The number of esters is 1. The van der Waals surface area contributed by atoms with E-state index in [2.05, 4.69) is 15.2 Å². The number of nitrogens with one attached hydrogen (secondary N) is 1. The minimum Gasteiger partial charge on any atom is -0.469 e. The van der Waals surface area contributed by atoms with Crippen LogP contribution < -0.4 is 5.32 Å². The van der Waals surface area contributed by atoms with Crippen molar-refractivity contribution in [1.82, 2.24) is 10.2 Å². The minimum atomic E-state index is -0.251. The van der Waals surface area contributed by atoms with Crippen molar-refractivity contribution >= 4 is 11.9 Å². The van der Waals surface area contributed by atoms with E-state index in [0.29, 0.717) is 13.1 Å². The van der Waals surface area contributed by atoms with Crippen LogP contribution in [0.15, 0.2) is 29.3 Å². The van der Waals surface area contributed by atoms with Crippen molar-refractivity contribution in [2.45, 2.75) is 20.4 Å². The van der Waals surface area contributed by atoms with Crippen LogP contribution in [-0.2, 0) is 16.1 Å². The van der Waals surface area contributed by atoms with Crippen molar-refractivity contribution < 1.29 is 13.9 Å². The highest BCUT2D eigenvalue weighted by atomic mass is 19.1. The number of likely N-dealkylation sites (tertiary alicyclic amines) is 1. The van der Waals surface area contributed by atoms with Crippen LogP contribution in [0.3, 0.4) is 0 Å². The summed E-state index contributed by atoms with van der Waals surface area (Å²) in [5.41, 5.74) is 0.943. The summed E-state index contributed by atoms with van der Waals surface area (Å²) >= 11 is 0. The molecule has 1 aromatic carbocycles. The van der Waals surface area contributed by atoms with Gasteiger partial charge >= 0.3 is 5.97 Å². The van der Waals surface area contributed by atoms with E-state index in [1.807, 2.05) is 13.8 Å². The minimum absolute atomic E-state index is 0.130. The Labute approximate surface area is 136 Å². The molecular formula is C17H24FN3O2. The fraction of sp³-hybridized carbons (Fsp3) is 0.529. The zero-order chi connectivity index (χ0) is 16.8. The Hall–Kier alpha value is -2.11. The number of methoxy groups -OCH3 is 1. The SMILES string of the molecule is CCNC(=NCc1ccc(F)cc1)N1CC(C)C(C(=O)OC)C1. The van der Waals surface area contributed by atoms with E-state index in [-0.39, 0.29) is 23.6 Å². The fourth-order valence-corrected chi connectivity index (χ4v) is 2.78. The molecule has 2 unspecified atom stereocenters. The van der Waals surface area contributed by atoms with Gasteiger partial charge in [0.2, 0.25) is 0 Å². The highest BCUT2D eigenvalue weighted by molar-refractivity contribution is 5.82. The van der Waals surface area contributed by atoms with E-state index in [4.69, 9.17) is 4.74 Å². The second-order valence-electron chi connectivity index (χ2n) is 5.81. The standard InChI is InChI=1S/C17H24FN3O2/c1-4-19-17(20-9-13-5-7-14(18)8-6-13)21-10-12(2)15(11-21)16(22)23-3/h5-8,12,15H,4,9-11H2,1-3H3,(H,19,20). The van der Waals surface area contributed by atoms with Crippen LogP contribution in [-0.4, -0.2) is 43.6 Å². The molecule has 6 heteroatoms. The van der Waals surface area contributed by atoms with E-state index in [0.717, 1.165) is 24.6 Å². The number of carbonyl (C=O) groups is 1. The van der Waals surface area contributed by atoms with Crippen LogP contribution in [0.1, 0.15) is 19.4 Å². The lowest BCUT2D eigenvalue weighted by Crippen LogP contribution is -2.40. The molecule has 23 heavy (non-hydrogen) atoms. The van der Waals surface area contributed by atoms with Gasteiger partial charge in [0.05, 0.1) is 19.6 Å². The van der Waals surface area contributed by atoms with Crippen molar-refractivity contribution in [1.29, 1.82) is 0 Å². The predicted octanol–water partition coefficient (Wildman–Crippen LogP) is 2.03. The Bertz CT molecular complexity index is 559. The first kappa shape index (κ1) is 17.2. The first-order valence-electron chi connectivity index (χ1n) is 7.90.